The summed E-state index contributed by atoms with van der Waals surface area (Å²) >= 11 is 5.54. The number of carbonyl (C=O) groups excluding carboxylic acids is 1. The average molecular weight is 412 g/mol. The topological polar surface area (TPSA) is 40.5 Å². The maximum absolute atomic E-state index is 12.3. The fraction of sp³-hybridized carbons (Fsp3) is 0.417. The molecule has 3 nitrogen and oxygen atoms in total. The van der Waals surface area contributed by atoms with Crippen molar-refractivity contribution in [2.45, 2.75) is 13.3 Å². The monoisotopic (exact) mass is 411 g/mol. The number of rotatable bonds is 5. The summed E-state index contributed by atoms with van der Waals surface area (Å²) in [5.41, 5.74) is 0.708. The van der Waals surface area contributed by atoms with Crippen LogP contribution in [0.2, 0.25) is 0 Å². The molecule has 1 aromatic rings. The molecule has 0 saturated carbocycles. The Kier molecular flexibility index (Phi) is 6.43. The summed E-state index contributed by atoms with van der Waals surface area (Å²) in [5, 5.41) is 8.81. The molecule has 0 saturated heterocycles. The molecule has 0 fully saturated rings. The van der Waals surface area contributed by atoms with E-state index >= 15 is 0 Å². The molecule has 0 aliphatic carbocycles. The van der Waals surface area contributed by atoms with Gasteiger partial charge in [-0.3, -0.25) is 4.79 Å². The lowest BCUT2D eigenvalue weighted by Gasteiger charge is -2.21. The highest BCUT2D eigenvalue weighted by molar-refractivity contribution is 14.1. The van der Waals surface area contributed by atoms with E-state index < -0.39 is 0 Å². The van der Waals surface area contributed by atoms with Gasteiger partial charge in [0.05, 0.1) is 5.56 Å². The molecular weight excluding hydrogens is 397 g/mol. The fourth-order valence-corrected chi connectivity index (χ4v) is 2.42. The molecule has 0 aliphatic heterocycles. The second-order valence-electron chi connectivity index (χ2n) is 3.59. The Morgan fingerprint density at radius 3 is 2.82 bits per heavy atom. The molecular formula is C12H15BrINO2. The normalized spacial score (nSPS) is 10.4. The predicted octanol–water partition coefficient (Wildman–Crippen LogP) is 2.90. The van der Waals surface area contributed by atoms with Crippen LogP contribution in [0.5, 0.6) is 0 Å². The van der Waals surface area contributed by atoms with Crippen molar-refractivity contribution in [2.75, 3.05) is 19.7 Å². The number of amides is 1. The molecule has 5 heteroatoms. The first-order chi connectivity index (χ1) is 8.10. The van der Waals surface area contributed by atoms with Crippen molar-refractivity contribution >= 4 is 44.4 Å². The maximum atomic E-state index is 12.3. The number of aliphatic hydroxyl groups is 1. The van der Waals surface area contributed by atoms with E-state index in [-0.39, 0.29) is 12.5 Å². The first-order valence-corrected chi connectivity index (χ1v) is 7.32. The van der Waals surface area contributed by atoms with Gasteiger partial charge in [-0.05, 0) is 54.1 Å². The van der Waals surface area contributed by atoms with Gasteiger partial charge in [-0.1, -0.05) is 15.9 Å². The van der Waals surface area contributed by atoms with E-state index in [9.17, 15) is 4.79 Å². The number of carbonyl (C=O) groups is 1. The quantitative estimate of drug-likeness (QED) is 0.757. The Morgan fingerprint density at radius 1 is 1.53 bits per heavy atom. The number of hydrogen-bond donors (Lipinski definition) is 1. The lowest BCUT2D eigenvalue weighted by molar-refractivity contribution is 0.0753. The molecule has 1 aromatic carbocycles. The van der Waals surface area contributed by atoms with Crippen molar-refractivity contribution < 1.29 is 9.90 Å². The Bertz CT molecular complexity index is 398. The van der Waals surface area contributed by atoms with Crippen LogP contribution in [0.25, 0.3) is 0 Å². The molecule has 0 atom stereocenters. The minimum atomic E-state index is 0.0200. The molecule has 0 heterocycles. The molecule has 1 rings (SSSR count). The van der Waals surface area contributed by atoms with Gasteiger partial charge in [0.25, 0.3) is 5.91 Å². The van der Waals surface area contributed by atoms with Gasteiger partial charge < -0.3 is 10.0 Å². The predicted molar refractivity (Wildman–Crippen MR) is 80.1 cm³/mol. The lowest BCUT2D eigenvalue weighted by atomic mass is 10.2. The van der Waals surface area contributed by atoms with Crippen molar-refractivity contribution in [1.82, 2.24) is 4.90 Å². The highest BCUT2D eigenvalue weighted by Gasteiger charge is 2.16. The summed E-state index contributed by atoms with van der Waals surface area (Å²) in [6, 6.07) is 5.67. The largest absolute Gasteiger partial charge is 0.396 e. The number of aliphatic hydroxyl groups excluding tert-OH is 1. The molecule has 1 N–H and O–H groups in total. The smallest absolute Gasteiger partial charge is 0.254 e. The van der Waals surface area contributed by atoms with Gasteiger partial charge in [0, 0.05) is 27.7 Å². The van der Waals surface area contributed by atoms with Gasteiger partial charge in [-0.15, -0.1) is 0 Å². The zero-order valence-electron chi connectivity index (χ0n) is 9.62. The lowest BCUT2D eigenvalue weighted by Crippen LogP contribution is -2.32. The van der Waals surface area contributed by atoms with Crippen LogP contribution in [0.4, 0.5) is 0 Å². The van der Waals surface area contributed by atoms with Gasteiger partial charge in [0.15, 0.2) is 0 Å². The van der Waals surface area contributed by atoms with E-state index in [1.165, 1.54) is 0 Å². The molecule has 0 spiro atoms. The third kappa shape index (κ3) is 4.22. The van der Waals surface area contributed by atoms with Gasteiger partial charge in [-0.25, -0.2) is 0 Å². The van der Waals surface area contributed by atoms with Crippen molar-refractivity contribution in [2.24, 2.45) is 0 Å². The highest BCUT2D eigenvalue weighted by atomic mass is 127. The standard InChI is InChI=1S/C12H15BrINO2/c1-2-15(6-3-7-16)12(17)10-8-9(13)4-5-11(10)14/h4-5,8,16H,2-3,6-7H2,1H3. The first-order valence-electron chi connectivity index (χ1n) is 5.45. The van der Waals surface area contributed by atoms with Gasteiger partial charge >= 0.3 is 0 Å². The second kappa shape index (κ2) is 7.33. The Balaban J connectivity index is 2.89. The van der Waals surface area contributed by atoms with E-state index in [0.717, 1.165) is 8.04 Å². The van der Waals surface area contributed by atoms with Crippen LogP contribution in [-0.4, -0.2) is 35.6 Å². The van der Waals surface area contributed by atoms with Crippen LogP contribution in [0.3, 0.4) is 0 Å². The molecule has 0 radical (unpaired) electrons. The van der Waals surface area contributed by atoms with Crippen LogP contribution < -0.4 is 0 Å². The van der Waals surface area contributed by atoms with Crippen molar-refractivity contribution in [3.63, 3.8) is 0 Å². The van der Waals surface area contributed by atoms with Crippen LogP contribution in [0.15, 0.2) is 22.7 Å². The van der Waals surface area contributed by atoms with Crippen molar-refractivity contribution in [3.05, 3.63) is 31.8 Å². The number of halogens is 2. The zero-order valence-corrected chi connectivity index (χ0v) is 13.4. The molecule has 0 aromatic heterocycles. The van der Waals surface area contributed by atoms with Gasteiger partial charge in [0.1, 0.15) is 0 Å². The Labute approximate surface area is 123 Å². The summed E-state index contributed by atoms with van der Waals surface area (Å²) in [5.74, 6) is 0.0200. The van der Waals surface area contributed by atoms with E-state index in [0.29, 0.717) is 25.1 Å². The van der Waals surface area contributed by atoms with Crippen LogP contribution in [-0.2, 0) is 0 Å². The minimum absolute atomic E-state index is 0.0200. The van der Waals surface area contributed by atoms with Gasteiger partial charge in [-0.2, -0.15) is 0 Å². The third-order valence-corrected chi connectivity index (χ3v) is 3.85. The van der Waals surface area contributed by atoms with Crippen LogP contribution in [0.1, 0.15) is 23.7 Å². The molecule has 94 valence electrons. The minimum Gasteiger partial charge on any atom is -0.396 e. The molecule has 0 aliphatic rings. The number of hydrogen-bond acceptors (Lipinski definition) is 2. The summed E-state index contributed by atoms with van der Waals surface area (Å²) in [6.07, 6.45) is 0.615. The van der Waals surface area contributed by atoms with Gasteiger partial charge in [0.2, 0.25) is 0 Å². The van der Waals surface area contributed by atoms with E-state index in [1.54, 1.807) is 4.90 Å². The first kappa shape index (κ1) is 14.9. The van der Waals surface area contributed by atoms with Crippen molar-refractivity contribution in [1.29, 1.82) is 0 Å². The summed E-state index contributed by atoms with van der Waals surface area (Å²) in [6.45, 7) is 3.30. The Hall–Kier alpha value is -0.140. The average Bonchev–Trinajstić information content (AvgIpc) is 2.33. The molecule has 0 bridgehead atoms. The third-order valence-electron chi connectivity index (χ3n) is 2.41. The molecule has 0 unspecified atom stereocenters. The maximum Gasteiger partial charge on any atom is 0.254 e. The van der Waals surface area contributed by atoms with E-state index in [1.807, 2.05) is 25.1 Å². The van der Waals surface area contributed by atoms with E-state index in [4.69, 9.17) is 5.11 Å². The number of nitrogens with zero attached hydrogens (tertiary/aromatic N) is 1. The second-order valence-corrected chi connectivity index (χ2v) is 5.66. The molecule has 1 amide bonds. The van der Waals surface area contributed by atoms with Crippen molar-refractivity contribution in [3.8, 4) is 0 Å². The SMILES string of the molecule is CCN(CCCO)C(=O)c1cc(Br)ccc1I. The summed E-state index contributed by atoms with van der Waals surface area (Å²) in [4.78, 5) is 14.0. The van der Waals surface area contributed by atoms with E-state index in [2.05, 4.69) is 38.5 Å². The summed E-state index contributed by atoms with van der Waals surface area (Å²) < 4.78 is 1.85. The van der Waals surface area contributed by atoms with Crippen LogP contribution in [0, 0.1) is 3.57 Å². The number of benzene rings is 1. The molecule has 17 heavy (non-hydrogen) atoms. The fourth-order valence-electron chi connectivity index (χ4n) is 1.50. The summed E-state index contributed by atoms with van der Waals surface area (Å²) in [7, 11) is 0. The zero-order chi connectivity index (χ0) is 12.8. The van der Waals surface area contributed by atoms with Crippen LogP contribution >= 0.6 is 38.5 Å². The highest BCUT2D eigenvalue weighted by Crippen LogP contribution is 2.20. The Morgan fingerprint density at radius 2 is 2.24 bits per heavy atom.